The summed E-state index contributed by atoms with van der Waals surface area (Å²) < 4.78 is 16.8. The van der Waals surface area contributed by atoms with Crippen LogP contribution in [0.3, 0.4) is 0 Å². The lowest BCUT2D eigenvalue weighted by Crippen LogP contribution is -2.39. The van der Waals surface area contributed by atoms with Crippen LogP contribution in [-0.4, -0.2) is 24.9 Å². The number of fused-ring (bicyclic) bond motifs is 1. The summed E-state index contributed by atoms with van der Waals surface area (Å²) in [7, 11) is 0. The topological polar surface area (TPSA) is 24.1 Å². The number of likely N-dealkylation sites (N-methyl/N-ethyl adjacent to an activating group) is 1. The van der Waals surface area contributed by atoms with Crippen molar-refractivity contribution in [3.05, 3.63) is 70.5 Å². The fourth-order valence-electron chi connectivity index (χ4n) is 4.35. The van der Waals surface area contributed by atoms with Crippen molar-refractivity contribution in [3.63, 3.8) is 0 Å². The largest absolute Gasteiger partial charge is 0.314 e. The van der Waals surface area contributed by atoms with Crippen LogP contribution in [0.25, 0.3) is 0 Å². The summed E-state index contributed by atoms with van der Waals surface area (Å²) in [5, 5.41) is 3.71. The first-order chi connectivity index (χ1) is 14.2. The molecular formula is C25H35FN2S. The number of halogens is 1. The monoisotopic (exact) mass is 414 g/mol. The van der Waals surface area contributed by atoms with Crippen LogP contribution in [-0.2, 0) is 19.3 Å². The van der Waals surface area contributed by atoms with Crippen molar-refractivity contribution in [2.24, 2.45) is 0 Å². The minimum Gasteiger partial charge on any atom is -0.314 e. The number of hydrogen-bond donors (Lipinski definition) is 2. The first-order valence-electron chi connectivity index (χ1n) is 11.2. The fourth-order valence-corrected chi connectivity index (χ4v) is 4.98. The van der Waals surface area contributed by atoms with E-state index in [-0.39, 0.29) is 5.82 Å². The highest BCUT2D eigenvalue weighted by molar-refractivity contribution is 7.97. The summed E-state index contributed by atoms with van der Waals surface area (Å²) in [6, 6.07) is 14.7. The van der Waals surface area contributed by atoms with Crippen molar-refractivity contribution in [2.45, 2.75) is 64.3 Å². The Morgan fingerprint density at radius 1 is 1.07 bits per heavy atom. The molecule has 0 heterocycles. The molecule has 2 aromatic carbocycles. The minimum absolute atomic E-state index is 0.158. The molecule has 2 unspecified atom stereocenters. The van der Waals surface area contributed by atoms with Gasteiger partial charge < -0.3 is 5.32 Å². The Hall–Kier alpha value is -1.36. The Balaban J connectivity index is 1.71. The van der Waals surface area contributed by atoms with E-state index in [1.807, 2.05) is 24.1 Å². The molecule has 158 valence electrons. The lowest BCUT2D eigenvalue weighted by atomic mass is 9.75. The van der Waals surface area contributed by atoms with Gasteiger partial charge in [0.2, 0.25) is 0 Å². The number of benzene rings is 2. The van der Waals surface area contributed by atoms with Crippen LogP contribution < -0.4 is 10.0 Å². The Labute approximate surface area is 180 Å². The van der Waals surface area contributed by atoms with E-state index in [0.29, 0.717) is 12.0 Å². The van der Waals surface area contributed by atoms with Crippen molar-refractivity contribution < 1.29 is 4.39 Å². The van der Waals surface area contributed by atoms with Gasteiger partial charge in [-0.1, -0.05) is 56.1 Å². The molecule has 2 aromatic rings. The maximum atomic E-state index is 13.4. The molecule has 0 radical (unpaired) electrons. The van der Waals surface area contributed by atoms with Crippen LogP contribution in [0.5, 0.6) is 0 Å². The molecule has 4 heteroatoms. The molecule has 0 bridgehead atoms. The van der Waals surface area contributed by atoms with Crippen LogP contribution in [0.2, 0.25) is 0 Å². The van der Waals surface area contributed by atoms with Crippen molar-refractivity contribution >= 4 is 11.9 Å². The zero-order chi connectivity index (χ0) is 20.5. The molecule has 0 spiro atoms. The van der Waals surface area contributed by atoms with Crippen molar-refractivity contribution in [2.75, 3.05) is 18.8 Å². The third-order valence-corrected chi connectivity index (χ3v) is 6.83. The molecule has 0 aromatic heterocycles. The highest BCUT2D eigenvalue weighted by Gasteiger charge is 2.29. The second-order valence-corrected chi connectivity index (χ2v) is 9.01. The van der Waals surface area contributed by atoms with Gasteiger partial charge in [-0.2, -0.15) is 0 Å². The Kier molecular flexibility index (Phi) is 9.03. The summed E-state index contributed by atoms with van der Waals surface area (Å²) >= 11 is 1.83. The first kappa shape index (κ1) is 22.3. The predicted octanol–water partition coefficient (Wildman–Crippen LogP) is 5.66. The van der Waals surface area contributed by atoms with Gasteiger partial charge in [0.25, 0.3) is 0 Å². The van der Waals surface area contributed by atoms with Gasteiger partial charge >= 0.3 is 0 Å². The van der Waals surface area contributed by atoms with Gasteiger partial charge in [-0.05, 0) is 79.5 Å². The molecule has 1 aliphatic rings. The lowest BCUT2D eigenvalue weighted by Gasteiger charge is -2.35. The van der Waals surface area contributed by atoms with E-state index in [0.717, 1.165) is 38.8 Å². The van der Waals surface area contributed by atoms with Gasteiger partial charge in [-0.15, -0.1) is 0 Å². The van der Waals surface area contributed by atoms with Crippen LogP contribution in [0.4, 0.5) is 4.39 Å². The van der Waals surface area contributed by atoms with E-state index in [1.54, 1.807) is 12.1 Å². The third kappa shape index (κ3) is 6.56. The standard InChI is InChI=1S/C25H35FN2S/c1-3-16-29-28-15-5-6-19-7-10-21-11-14-25(27-4-2)24(23(21)17-19)18-20-8-12-22(26)13-9-20/h7-10,12-13,17,24-25,27-28H,3-6,11,14-16,18H2,1-2H3. The number of rotatable bonds is 11. The maximum Gasteiger partial charge on any atom is 0.123 e. The van der Waals surface area contributed by atoms with E-state index in [2.05, 4.69) is 42.1 Å². The predicted molar refractivity (Wildman–Crippen MR) is 124 cm³/mol. The normalized spacial score (nSPS) is 18.6. The second-order valence-electron chi connectivity index (χ2n) is 8.02. The average molecular weight is 415 g/mol. The molecule has 3 rings (SSSR count). The molecule has 29 heavy (non-hydrogen) atoms. The van der Waals surface area contributed by atoms with Crippen molar-refractivity contribution in [3.8, 4) is 0 Å². The van der Waals surface area contributed by atoms with E-state index >= 15 is 0 Å². The maximum absolute atomic E-state index is 13.4. The molecule has 2 N–H and O–H groups in total. The van der Waals surface area contributed by atoms with E-state index in [4.69, 9.17) is 0 Å². The van der Waals surface area contributed by atoms with Crippen LogP contribution in [0.15, 0.2) is 42.5 Å². The first-order valence-corrected chi connectivity index (χ1v) is 12.1. The molecule has 2 nitrogen and oxygen atoms in total. The van der Waals surface area contributed by atoms with Crippen LogP contribution in [0, 0.1) is 5.82 Å². The Morgan fingerprint density at radius 3 is 2.62 bits per heavy atom. The van der Waals surface area contributed by atoms with Crippen molar-refractivity contribution in [1.82, 2.24) is 10.0 Å². The Morgan fingerprint density at radius 2 is 1.86 bits per heavy atom. The molecule has 0 saturated heterocycles. The molecular weight excluding hydrogens is 379 g/mol. The molecule has 0 fully saturated rings. The summed E-state index contributed by atoms with van der Waals surface area (Å²) in [6.45, 7) is 6.44. The summed E-state index contributed by atoms with van der Waals surface area (Å²) in [5.74, 6) is 1.46. The average Bonchev–Trinajstić information content (AvgIpc) is 2.74. The Bertz CT molecular complexity index is 747. The van der Waals surface area contributed by atoms with Gasteiger partial charge in [0.15, 0.2) is 0 Å². The van der Waals surface area contributed by atoms with Gasteiger partial charge in [-0.3, -0.25) is 4.72 Å². The van der Waals surface area contributed by atoms with Crippen LogP contribution in [0.1, 0.15) is 61.3 Å². The molecule has 0 amide bonds. The number of hydrogen-bond acceptors (Lipinski definition) is 3. The van der Waals surface area contributed by atoms with E-state index < -0.39 is 0 Å². The molecule has 0 saturated carbocycles. The zero-order valence-corrected chi connectivity index (χ0v) is 18.7. The molecule has 1 aliphatic carbocycles. The van der Waals surface area contributed by atoms with Gasteiger partial charge in [0, 0.05) is 24.3 Å². The summed E-state index contributed by atoms with van der Waals surface area (Å²) in [5.41, 5.74) is 5.64. The SMILES string of the molecule is CCCSNCCCc1ccc2c(c1)C(Cc1ccc(F)cc1)C(NCC)CC2. The lowest BCUT2D eigenvalue weighted by molar-refractivity contribution is 0.391. The zero-order valence-electron chi connectivity index (χ0n) is 17.8. The quantitative estimate of drug-likeness (QED) is 0.367. The summed E-state index contributed by atoms with van der Waals surface area (Å²) in [6.07, 6.45) is 6.76. The fraction of sp³-hybridized carbons (Fsp3) is 0.520. The smallest absolute Gasteiger partial charge is 0.123 e. The molecule has 2 atom stereocenters. The summed E-state index contributed by atoms with van der Waals surface area (Å²) in [4.78, 5) is 0. The van der Waals surface area contributed by atoms with Gasteiger partial charge in [-0.25, -0.2) is 4.39 Å². The van der Waals surface area contributed by atoms with Crippen molar-refractivity contribution in [1.29, 1.82) is 0 Å². The van der Waals surface area contributed by atoms with Gasteiger partial charge in [0.1, 0.15) is 5.82 Å². The van der Waals surface area contributed by atoms with E-state index in [1.165, 1.54) is 40.8 Å². The minimum atomic E-state index is -0.158. The third-order valence-electron chi connectivity index (χ3n) is 5.81. The van der Waals surface area contributed by atoms with E-state index in [9.17, 15) is 4.39 Å². The van der Waals surface area contributed by atoms with Gasteiger partial charge in [0.05, 0.1) is 0 Å². The highest BCUT2D eigenvalue weighted by atomic mass is 32.2. The number of nitrogens with one attached hydrogen (secondary N) is 2. The number of aryl methyl sites for hydroxylation is 2. The molecule has 0 aliphatic heterocycles. The van der Waals surface area contributed by atoms with Crippen LogP contribution >= 0.6 is 11.9 Å². The second kappa shape index (κ2) is 11.7. The highest BCUT2D eigenvalue weighted by Crippen LogP contribution is 2.35.